The molecule has 0 radical (unpaired) electrons. The van der Waals surface area contributed by atoms with Gasteiger partial charge in [0, 0.05) is 42.4 Å². The molecule has 0 saturated carbocycles. The molecule has 1 amide bonds. The molecule has 2 aromatic heterocycles. The van der Waals surface area contributed by atoms with E-state index < -0.39 is 0 Å². The Morgan fingerprint density at radius 3 is 2.72 bits per heavy atom. The minimum atomic E-state index is -0.0684. The van der Waals surface area contributed by atoms with Crippen molar-refractivity contribution in [2.24, 2.45) is 0 Å². The minimum Gasteiger partial charge on any atom is -0.441 e. The number of aromatic nitrogens is 2. The van der Waals surface area contributed by atoms with Crippen LogP contribution in [0.15, 0.2) is 53.3 Å². The zero-order chi connectivity index (χ0) is 17.6. The molecule has 0 aliphatic heterocycles. The molecule has 5 nitrogen and oxygen atoms in total. The second kappa shape index (κ2) is 8.14. The number of hydrogen-bond acceptors (Lipinski definition) is 4. The van der Waals surface area contributed by atoms with Gasteiger partial charge in [-0.15, -0.1) is 0 Å². The van der Waals surface area contributed by atoms with Gasteiger partial charge in [0.15, 0.2) is 11.7 Å². The summed E-state index contributed by atoms with van der Waals surface area (Å²) in [6.45, 7) is 0.471. The number of hydrogen-bond donors (Lipinski definition) is 1. The van der Waals surface area contributed by atoms with Gasteiger partial charge in [-0.2, -0.15) is 0 Å². The number of pyridine rings is 1. The van der Waals surface area contributed by atoms with Crippen LogP contribution in [0.1, 0.15) is 17.9 Å². The van der Waals surface area contributed by atoms with E-state index in [4.69, 9.17) is 27.6 Å². The summed E-state index contributed by atoms with van der Waals surface area (Å²) in [5, 5.41) is 3.90. The van der Waals surface area contributed by atoms with Gasteiger partial charge in [-0.1, -0.05) is 23.2 Å². The maximum absolute atomic E-state index is 11.9. The number of amides is 1. The van der Waals surface area contributed by atoms with Crippen LogP contribution in [0, 0.1) is 0 Å². The Bertz CT molecular complexity index is 866. The number of nitrogens with one attached hydrogen (secondary N) is 1. The van der Waals surface area contributed by atoms with Gasteiger partial charge in [-0.25, -0.2) is 4.98 Å². The number of nitrogens with zero attached hydrogens (tertiary/aromatic N) is 2. The standard InChI is InChI=1S/C18H15Cl2N3O2/c19-13-1-2-14(15(20)9-13)16-11-23-18(25-16)4-3-17(24)22-10-12-5-7-21-8-6-12/h1-2,5-9,11H,3-4,10H2,(H,22,24). The molecule has 0 aliphatic rings. The monoisotopic (exact) mass is 375 g/mol. The largest absolute Gasteiger partial charge is 0.441 e. The molecule has 0 fully saturated rings. The molecular formula is C18H15Cl2N3O2. The van der Waals surface area contributed by atoms with Gasteiger partial charge in [0.05, 0.1) is 11.2 Å². The van der Waals surface area contributed by atoms with E-state index in [1.54, 1.807) is 36.8 Å². The number of rotatable bonds is 6. The van der Waals surface area contributed by atoms with E-state index in [1.165, 1.54) is 0 Å². The molecule has 2 heterocycles. The molecule has 25 heavy (non-hydrogen) atoms. The van der Waals surface area contributed by atoms with Crippen LogP contribution in [0.5, 0.6) is 0 Å². The Morgan fingerprint density at radius 2 is 1.96 bits per heavy atom. The molecule has 3 aromatic rings. The molecular weight excluding hydrogens is 361 g/mol. The maximum Gasteiger partial charge on any atom is 0.220 e. The van der Waals surface area contributed by atoms with E-state index in [-0.39, 0.29) is 5.91 Å². The van der Waals surface area contributed by atoms with Crippen molar-refractivity contribution >= 4 is 29.1 Å². The molecule has 1 aromatic carbocycles. The maximum atomic E-state index is 11.9. The number of oxazole rings is 1. The van der Waals surface area contributed by atoms with Gasteiger partial charge < -0.3 is 9.73 Å². The number of carbonyl (C=O) groups is 1. The fourth-order valence-electron chi connectivity index (χ4n) is 2.25. The number of benzene rings is 1. The average molecular weight is 376 g/mol. The Labute approximate surface area is 155 Å². The van der Waals surface area contributed by atoms with Crippen LogP contribution >= 0.6 is 23.2 Å². The lowest BCUT2D eigenvalue weighted by molar-refractivity contribution is -0.121. The Hall–Kier alpha value is -2.37. The highest BCUT2D eigenvalue weighted by Crippen LogP contribution is 2.30. The van der Waals surface area contributed by atoms with Gasteiger partial charge in [-0.05, 0) is 35.9 Å². The van der Waals surface area contributed by atoms with E-state index in [0.717, 1.165) is 5.56 Å². The molecule has 0 saturated heterocycles. The van der Waals surface area contributed by atoms with Crippen molar-refractivity contribution in [3.63, 3.8) is 0 Å². The van der Waals surface area contributed by atoms with Crippen molar-refractivity contribution in [2.45, 2.75) is 19.4 Å². The van der Waals surface area contributed by atoms with Crippen LogP contribution in [0.25, 0.3) is 11.3 Å². The Morgan fingerprint density at radius 1 is 1.16 bits per heavy atom. The van der Waals surface area contributed by atoms with Crippen molar-refractivity contribution in [3.05, 3.63) is 70.4 Å². The fraction of sp³-hybridized carbons (Fsp3) is 0.167. The smallest absolute Gasteiger partial charge is 0.220 e. The first kappa shape index (κ1) is 17.5. The lowest BCUT2D eigenvalue weighted by Gasteiger charge is -2.04. The second-order valence-electron chi connectivity index (χ2n) is 5.37. The van der Waals surface area contributed by atoms with Crippen LogP contribution < -0.4 is 5.32 Å². The first-order valence-corrected chi connectivity index (χ1v) is 8.43. The molecule has 128 valence electrons. The van der Waals surface area contributed by atoms with Crippen molar-refractivity contribution in [1.29, 1.82) is 0 Å². The zero-order valence-corrected chi connectivity index (χ0v) is 14.7. The second-order valence-corrected chi connectivity index (χ2v) is 6.22. The van der Waals surface area contributed by atoms with Gasteiger partial charge in [0.1, 0.15) is 0 Å². The molecule has 3 rings (SSSR count). The minimum absolute atomic E-state index is 0.0684. The molecule has 0 atom stereocenters. The summed E-state index contributed by atoms with van der Waals surface area (Å²) < 4.78 is 5.68. The lowest BCUT2D eigenvalue weighted by atomic mass is 10.2. The lowest BCUT2D eigenvalue weighted by Crippen LogP contribution is -2.23. The average Bonchev–Trinajstić information content (AvgIpc) is 3.08. The third-order valence-electron chi connectivity index (χ3n) is 3.56. The first-order valence-electron chi connectivity index (χ1n) is 7.67. The zero-order valence-electron chi connectivity index (χ0n) is 13.2. The van der Waals surface area contributed by atoms with Crippen LogP contribution in [0.4, 0.5) is 0 Å². The summed E-state index contributed by atoms with van der Waals surface area (Å²) in [4.78, 5) is 20.1. The van der Waals surface area contributed by atoms with Gasteiger partial charge >= 0.3 is 0 Å². The van der Waals surface area contributed by atoms with Crippen LogP contribution in [0.2, 0.25) is 10.0 Å². The highest BCUT2D eigenvalue weighted by atomic mass is 35.5. The summed E-state index contributed by atoms with van der Waals surface area (Å²) in [6.07, 6.45) is 5.68. The first-order chi connectivity index (χ1) is 12.1. The quantitative estimate of drug-likeness (QED) is 0.697. The summed E-state index contributed by atoms with van der Waals surface area (Å²) in [5.41, 5.74) is 1.71. The van der Waals surface area contributed by atoms with E-state index in [1.807, 2.05) is 12.1 Å². The third-order valence-corrected chi connectivity index (χ3v) is 4.10. The molecule has 0 bridgehead atoms. The normalized spacial score (nSPS) is 10.6. The molecule has 1 N–H and O–H groups in total. The van der Waals surface area contributed by atoms with Gasteiger partial charge in [-0.3, -0.25) is 9.78 Å². The topological polar surface area (TPSA) is 68.0 Å². The molecule has 0 unspecified atom stereocenters. The Balaban J connectivity index is 1.54. The van der Waals surface area contributed by atoms with Crippen molar-refractivity contribution in [1.82, 2.24) is 15.3 Å². The molecule has 0 aliphatic carbocycles. The number of aryl methyl sites for hydroxylation is 1. The summed E-state index contributed by atoms with van der Waals surface area (Å²) >= 11 is 12.0. The summed E-state index contributed by atoms with van der Waals surface area (Å²) in [6, 6.07) is 8.87. The number of halogens is 2. The van der Waals surface area contributed by atoms with Crippen molar-refractivity contribution in [2.75, 3.05) is 0 Å². The predicted molar refractivity (Wildman–Crippen MR) is 96.4 cm³/mol. The van der Waals surface area contributed by atoms with E-state index >= 15 is 0 Å². The predicted octanol–water partition coefficient (Wildman–Crippen LogP) is 4.29. The van der Waals surface area contributed by atoms with Crippen LogP contribution in [-0.4, -0.2) is 15.9 Å². The SMILES string of the molecule is O=C(CCc1ncc(-c2ccc(Cl)cc2Cl)o1)NCc1ccncc1. The van der Waals surface area contributed by atoms with Crippen molar-refractivity contribution in [3.8, 4) is 11.3 Å². The van der Waals surface area contributed by atoms with Gasteiger partial charge in [0.2, 0.25) is 5.91 Å². The van der Waals surface area contributed by atoms with Crippen LogP contribution in [0.3, 0.4) is 0 Å². The summed E-state index contributed by atoms with van der Waals surface area (Å²) in [7, 11) is 0. The highest BCUT2D eigenvalue weighted by Gasteiger charge is 2.11. The molecule has 7 heteroatoms. The molecule has 0 spiro atoms. The van der Waals surface area contributed by atoms with Crippen molar-refractivity contribution < 1.29 is 9.21 Å². The number of carbonyl (C=O) groups excluding carboxylic acids is 1. The van der Waals surface area contributed by atoms with Gasteiger partial charge in [0.25, 0.3) is 0 Å². The fourth-order valence-corrected chi connectivity index (χ4v) is 2.75. The third kappa shape index (κ3) is 4.81. The van der Waals surface area contributed by atoms with E-state index in [0.29, 0.717) is 46.6 Å². The Kier molecular flexibility index (Phi) is 5.68. The van der Waals surface area contributed by atoms with Crippen LogP contribution in [-0.2, 0) is 17.8 Å². The highest BCUT2D eigenvalue weighted by molar-refractivity contribution is 6.36. The van der Waals surface area contributed by atoms with E-state index in [9.17, 15) is 4.79 Å². The summed E-state index contributed by atoms with van der Waals surface area (Å²) in [5.74, 6) is 0.968. The van der Waals surface area contributed by atoms with E-state index in [2.05, 4.69) is 15.3 Å².